The van der Waals surface area contributed by atoms with Gasteiger partial charge < -0.3 is 4.98 Å². The van der Waals surface area contributed by atoms with Crippen LogP contribution in [0.4, 0.5) is 0 Å². The molecule has 0 aliphatic heterocycles. The van der Waals surface area contributed by atoms with Crippen molar-refractivity contribution in [2.24, 2.45) is 0 Å². The molecule has 140 valence electrons. The summed E-state index contributed by atoms with van der Waals surface area (Å²) in [6, 6.07) is 14.0. The number of hydrogen-bond acceptors (Lipinski definition) is 4. The van der Waals surface area contributed by atoms with Crippen molar-refractivity contribution in [3.05, 3.63) is 71.9 Å². The zero-order valence-electron chi connectivity index (χ0n) is 14.3. The SMILES string of the molecule is O=C(/C=C/c1ccc(S(=O)(=O)NCCc2c[nH]c3ccccc23)cc1)NO. The minimum Gasteiger partial charge on any atom is -0.361 e. The highest BCUT2D eigenvalue weighted by Gasteiger charge is 2.13. The molecule has 0 radical (unpaired) electrons. The quantitative estimate of drug-likeness (QED) is 0.284. The largest absolute Gasteiger partial charge is 0.361 e. The topological polar surface area (TPSA) is 111 Å². The molecule has 8 heteroatoms. The second-order valence-electron chi connectivity index (χ2n) is 5.89. The van der Waals surface area contributed by atoms with E-state index in [1.54, 1.807) is 12.1 Å². The summed E-state index contributed by atoms with van der Waals surface area (Å²) in [5.74, 6) is -0.661. The van der Waals surface area contributed by atoms with Crippen LogP contribution in [0.1, 0.15) is 11.1 Å². The normalized spacial score (nSPS) is 11.9. The smallest absolute Gasteiger partial charge is 0.267 e. The molecule has 0 atom stereocenters. The lowest BCUT2D eigenvalue weighted by Crippen LogP contribution is -2.25. The van der Waals surface area contributed by atoms with Crippen LogP contribution in [0.5, 0.6) is 0 Å². The average molecular weight is 385 g/mol. The molecule has 0 saturated carbocycles. The lowest BCUT2D eigenvalue weighted by atomic mass is 10.1. The number of H-pyrrole nitrogens is 1. The van der Waals surface area contributed by atoms with Crippen molar-refractivity contribution < 1.29 is 18.4 Å². The molecular formula is C19H19N3O4S. The van der Waals surface area contributed by atoms with E-state index in [0.717, 1.165) is 22.5 Å². The number of para-hydroxylation sites is 1. The number of aromatic amines is 1. The first-order valence-corrected chi connectivity index (χ1v) is 9.75. The Kier molecular flexibility index (Phi) is 5.70. The van der Waals surface area contributed by atoms with Gasteiger partial charge in [-0.05, 0) is 41.8 Å². The van der Waals surface area contributed by atoms with Gasteiger partial charge in [-0.2, -0.15) is 0 Å². The summed E-state index contributed by atoms with van der Waals surface area (Å²) >= 11 is 0. The van der Waals surface area contributed by atoms with Crippen LogP contribution in [0, 0.1) is 0 Å². The fraction of sp³-hybridized carbons (Fsp3) is 0.105. The number of hydrogen-bond donors (Lipinski definition) is 4. The molecule has 27 heavy (non-hydrogen) atoms. The molecule has 0 bridgehead atoms. The van der Waals surface area contributed by atoms with Crippen LogP contribution in [-0.2, 0) is 21.2 Å². The number of hydroxylamine groups is 1. The van der Waals surface area contributed by atoms with Crippen molar-refractivity contribution in [1.82, 2.24) is 15.2 Å². The minimum absolute atomic E-state index is 0.144. The summed E-state index contributed by atoms with van der Waals surface area (Å²) in [7, 11) is -3.62. The van der Waals surface area contributed by atoms with E-state index >= 15 is 0 Å². The third kappa shape index (κ3) is 4.62. The van der Waals surface area contributed by atoms with Gasteiger partial charge in [0.15, 0.2) is 0 Å². The number of fused-ring (bicyclic) bond motifs is 1. The van der Waals surface area contributed by atoms with Gasteiger partial charge in [0, 0.05) is 29.7 Å². The predicted molar refractivity (Wildman–Crippen MR) is 103 cm³/mol. The van der Waals surface area contributed by atoms with Gasteiger partial charge in [0.1, 0.15) is 0 Å². The van der Waals surface area contributed by atoms with Gasteiger partial charge in [-0.25, -0.2) is 18.6 Å². The standard InChI is InChI=1S/C19H19N3O4S/c23-19(22-24)10-7-14-5-8-16(9-6-14)27(25,26)21-12-11-15-13-20-18-4-2-1-3-17(15)18/h1-10,13,20-21,24H,11-12H2,(H,22,23)/b10-7+. The number of nitrogens with one attached hydrogen (secondary N) is 3. The van der Waals surface area contributed by atoms with Crippen LogP contribution in [0.3, 0.4) is 0 Å². The highest BCUT2D eigenvalue weighted by Crippen LogP contribution is 2.18. The third-order valence-electron chi connectivity index (χ3n) is 4.09. The number of carbonyl (C=O) groups is 1. The molecule has 4 N–H and O–H groups in total. The van der Waals surface area contributed by atoms with Crippen molar-refractivity contribution in [3.63, 3.8) is 0 Å². The molecule has 0 spiro atoms. The lowest BCUT2D eigenvalue weighted by Gasteiger charge is -2.07. The fourth-order valence-electron chi connectivity index (χ4n) is 2.71. The van der Waals surface area contributed by atoms with Crippen molar-refractivity contribution in [3.8, 4) is 0 Å². The van der Waals surface area contributed by atoms with Crippen LogP contribution >= 0.6 is 0 Å². The van der Waals surface area contributed by atoms with Crippen LogP contribution in [0.15, 0.2) is 65.7 Å². The van der Waals surface area contributed by atoms with Crippen LogP contribution in [-0.4, -0.2) is 31.1 Å². The Labute approximate surface area is 156 Å². The van der Waals surface area contributed by atoms with Crippen molar-refractivity contribution in [2.45, 2.75) is 11.3 Å². The van der Waals surface area contributed by atoms with Crippen LogP contribution < -0.4 is 10.2 Å². The highest BCUT2D eigenvalue weighted by atomic mass is 32.2. The van der Waals surface area contributed by atoms with E-state index < -0.39 is 15.9 Å². The molecule has 1 aromatic heterocycles. The number of carbonyl (C=O) groups excluding carboxylic acids is 1. The Morgan fingerprint density at radius 2 is 1.85 bits per heavy atom. The number of benzene rings is 2. The zero-order chi connectivity index (χ0) is 19.3. The maximum Gasteiger partial charge on any atom is 0.267 e. The molecule has 0 aliphatic rings. The fourth-order valence-corrected chi connectivity index (χ4v) is 3.74. The molecule has 0 unspecified atom stereocenters. The monoisotopic (exact) mass is 385 g/mol. The number of aromatic nitrogens is 1. The molecule has 7 nitrogen and oxygen atoms in total. The van der Waals surface area contributed by atoms with E-state index in [2.05, 4.69) is 9.71 Å². The van der Waals surface area contributed by atoms with E-state index in [9.17, 15) is 13.2 Å². The van der Waals surface area contributed by atoms with Crippen molar-refractivity contribution in [1.29, 1.82) is 0 Å². The Bertz CT molecular complexity index is 1070. The average Bonchev–Trinajstić information content (AvgIpc) is 3.09. The third-order valence-corrected chi connectivity index (χ3v) is 5.57. The minimum atomic E-state index is -3.62. The molecule has 3 rings (SSSR count). The Hall–Kier alpha value is -2.94. The Morgan fingerprint density at radius 1 is 1.11 bits per heavy atom. The number of amides is 1. The molecule has 3 aromatic rings. The lowest BCUT2D eigenvalue weighted by molar-refractivity contribution is -0.124. The molecule has 1 heterocycles. The summed E-state index contributed by atoms with van der Waals surface area (Å²) in [5.41, 5.74) is 4.19. The van der Waals surface area contributed by atoms with E-state index in [0.29, 0.717) is 12.0 Å². The van der Waals surface area contributed by atoms with Gasteiger partial charge in [0.05, 0.1) is 4.90 Å². The number of rotatable bonds is 7. The molecular weight excluding hydrogens is 366 g/mol. The van der Waals surface area contributed by atoms with Gasteiger partial charge >= 0.3 is 0 Å². The van der Waals surface area contributed by atoms with Gasteiger partial charge in [0.2, 0.25) is 10.0 Å². The molecule has 2 aromatic carbocycles. The molecule has 0 fully saturated rings. The summed E-state index contributed by atoms with van der Waals surface area (Å²) in [4.78, 5) is 14.3. The van der Waals surface area contributed by atoms with Crippen LogP contribution in [0.2, 0.25) is 0 Å². The zero-order valence-corrected chi connectivity index (χ0v) is 15.2. The Morgan fingerprint density at radius 3 is 2.59 bits per heavy atom. The van der Waals surface area contributed by atoms with E-state index in [1.807, 2.05) is 30.5 Å². The summed E-state index contributed by atoms with van der Waals surface area (Å²) in [6.45, 7) is 0.280. The predicted octanol–water partition coefficient (Wildman–Crippen LogP) is 2.21. The van der Waals surface area contributed by atoms with Gasteiger partial charge in [0.25, 0.3) is 5.91 Å². The Balaban J connectivity index is 1.62. The van der Waals surface area contributed by atoms with E-state index in [-0.39, 0.29) is 11.4 Å². The maximum atomic E-state index is 12.4. The molecule has 0 aliphatic carbocycles. The summed E-state index contributed by atoms with van der Waals surface area (Å²) in [6.07, 6.45) is 5.07. The second kappa shape index (κ2) is 8.17. The summed E-state index contributed by atoms with van der Waals surface area (Å²) < 4.78 is 27.4. The van der Waals surface area contributed by atoms with Crippen molar-refractivity contribution in [2.75, 3.05) is 6.54 Å². The van der Waals surface area contributed by atoms with Gasteiger partial charge in [-0.1, -0.05) is 30.3 Å². The first kappa shape index (κ1) is 18.8. The van der Waals surface area contributed by atoms with E-state index in [4.69, 9.17) is 5.21 Å². The molecule has 1 amide bonds. The van der Waals surface area contributed by atoms with Gasteiger partial charge in [-0.15, -0.1) is 0 Å². The van der Waals surface area contributed by atoms with E-state index in [1.165, 1.54) is 23.7 Å². The van der Waals surface area contributed by atoms with Crippen molar-refractivity contribution >= 4 is 32.9 Å². The number of sulfonamides is 1. The van der Waals surface area contributed by atoms with Gasteiger partial charge in [-0.3, -0.25) is 10.0 Å². The summed E-state index contributed by atoms with van der Waals surface area (Å²) in [5, 5.41) is 9.52. The molecule has 0 saturated heterocycles. The first-order chi connectivity index (χ1) is 13.0. The highest BCUT2D eigenvalue weighted by molar-refractivity contribution is 7.89. The van der Waals surface area contributed by atoms with Crippen LogP contribution in [0.25, 0.3) is 17.0 Å². The maximum absolute atomic E-state index is 12.4. The second-order valence-corrected chi connectivity index (χ2v) is 7.65. The first-order valence-electron chi connectivity index (χ1n) is 8.26.